The number of nitrogens with two attached hydrogens (primary N) is 1. The minimum Gasteiger partial charge on any atom is -0.481 e. The average molecular weight is 222 g/mol. The molecule has 0 radical (unpaired) electrons. The Bertz CT molecular complexity index is 199. The first kappa shape index (κ1) is 13.7. The molecule has 0 aliphatic heterocycles. The van der Waals surface area contributed by atoms with Gasteiger partial charge in [0.2, 0.25) is 0 Å². The molecule has 0 saturated heterocycles. The van der Waals surface area contributed by atoms with Crippen molar-refractivity contribution < 1.29 is 9.90 Å². The minimum absolute atomic E-state index is 0. The number of aliphatic carboxylic acids is 1. The Morgan fingerprint density at radius 3 is 2.64 bits per heavy atom. The molecule has 0 unspecified atom stereocenters. The number of hydrogen-bond acceptors (Lipinski definition) is 2. The summed E-state index contributed by atoms with van der Waals surface area (Å²) in [6.45, 7) is 2.69. The first-order valence-corrected chi connectivity index (χ1v) is 5.04. The molecule has 1 aliphatic carbocycles. The molecular formula is C10H20ClNO2. The van der Waals surface area contributed by atoms with Gasteiger partial charge in [-0.05, 0) is 37.1 Å². The fourth-order valence-corrected chi connectivity index (χ4v) is 2.41. The zero-order chi connectivity index (χ0) is 9.90. The highest BCUT2D eigenvalue weighted by Crippen LogP contribution is 2.44. The highest BCUT2D eigenvalue weighted by Gasteiger charge is 2.38. The first-order chi connectivity index (χ1) is 6.12. The zero-order valence-electron chi connectivity index (χ0n) is 8.66. The maximum atomic E-state index is 10.7. The fraction of sp³-hybridized carbons (Fsp3) is 0.900. The molecule has 4 heteroatoms. The Hall–Kier alpha value is -0.280. The van der Waals surface area contributed by atoms with E-state index in [4.69, 9.17) is 10.8 Å². The van der Waals surface area contributed by atoms with E-state index in [1.165, 1.54) is 0 Å². The van der Waals surface area contributed by atoms with E-state index >= 15 is 0 Å². The van der Waals surface area contributed by atoms with E-state index in [0.29, 0.717) is 12.5 Å². The van der Waals surface area contributed by atoms with Crippen LogP contribution in [0.4, 0.5) is 0 Å². The van der Waals surface area contributed by atoms with Gasteiger partial charge in [-0.25, -0.2) is 0 Å². The quantitative estimate of drug-likeness (QED) is 0.764. The third-order valence-corrected chi connectivity index (χ3v) is 3.34. The molecule has 0 amide bonds. The number of carboxylic acids is 1. The van der Waals surface area contributed by atoms with Crippen LogP contribution in [0.3, 0.4) is 0 Å². The Labute approximate surface area is 91.5 Å². The van der Waals surface area contributed by atoms with E-state index in [1.807, 2.05) is 0 Å². The van der Waals surface area contributed by atoms with Crippen molar-refractivity contribution in [1.29, 1.82) is 0 Å². The van der Waals surface area contributed by atoms with Crippen LogP contribution in [0.1, 0.15) is 39.0 Å². The normalized spacial score (nSPS) is 31.1. The topological polar surface area (TPSA) is 63.3 Å². The van der Waals surface area contributed by atoms with Crippen molar-refractivity contribution >= 4 is 18.4 Å². The van der Waals surface area contributed by atoms with E-state index in [9.17, 15) is 4.79 Å². The van der Waals surface area contributed by atoms with Crippen LogP contribution in [0, 0.1) is 11.3 Å². The van der Waals surface area contributed by atoms with Crippen LogP contribution in [-0.2, 0) is 4.79 Å². The standard InChI is InChI=1S/C10H19NO2.ClH/c1-2-8-3-4-10(5-8,7-11)6-9(12)13;/h8H,2-7,11H2,1H3,(H,12,13);1H/t8-,10-;/m1./s1. The van der Waals surface area contributed by atoms with Crippen LogP contribution in [-0.4, -0.2) is 17.6 Å². The van der Waals surface area contributed by atoms with Gasteiger partial charge in [0.15, 0.2) is 0 Å². The van der Waals surface area contributed by atoms with Gasteiger partial charge in [-0.2, -0.15) is 0 Å². The molecule has 0 aromatic heterocycles. The summed E-state index contributed by atoms with van der Waals surface area (Å²) in [7, 11) is 0. The molecule has 14 heavy (non-hydrogen) atoms. The van der Waals surface area contributed by atoms with E-state index in [0.717, 1.165) is 25.7 Å². The second-order valence-electron chi connectivity index (χ2n) is 4.29. The summed E-state index contributed by atoms with van der Waals surface area (Å²) in [5.74, 6) is -0.00916. The molecule has 1 fully saturated rings. The van der Waals surface area contributed by atoms with Crippen molar-refractivity contribution in [3.05, 3.63) is 0 Å². The van der Waals surface area contributed by atoms with Gasteiger partial charge >= 0.3 is 5.97 Å². The lowest BCUT2D eigenvalue weighted by molar-refractivity contribution is -0.139. The lowest BCUT2D eigenvalue weighted by Gasteiger charge is -2.25. The van der Waals surface area contributed by atoms with E-state index in [-0.39, 0.29) is 24.2 Å². The van der Waals surface area contributed by atoms with Gasteiger partial charge in [-0.3, -0.25) is 4.79 Å². The minimum atomic E-state index is -0.706. The first-order valence-electron chi connectivity index (χ1n) is 5.04. The van der Waals surface area contributed by atoms with Gasteiger partial charge in [0.25, 0.3) is 0 Å². The van der Waals surface area contributed by atoms with Gasteiger partial charge in [0.05, 0.1) is 6.42 Å². The highest BCUT2D eigenvalue weighted by atomic mass is 35.5. The Balaban J connectivity index is 0.00000169. The van der Waals surface area contributed by atoms with Crippen molar-refractivity contribution in [1.82, 2.24) is 0 Å². The molecule has 1 saturated carbocycles. The van der Waals surface area contributed by atoms with Crippen LogP contribution < -0.4 is 5.73 Å². The Kier molecular flexibility index (Phi) is 5.45. The van der Waals surface area contributed by atoms with E-state index in [1.54, 1.807) is 0 Å². The lowest BCUT2D eigenvalue weighted by atomic mass is 9.82. The molecule has 2 atom stereocenters. The van der Waals surface area contributed by atoms with Crippen molar-refractivity contribution in [2.24, 2.45) is 17.1 Å². The van der Waals surface area contributed by atoms with Crippen molar-refractivity contribution in [3.63, 3.8) is 0 Å². The lowest BCUT2D eigenvalue weighted by Crippen LogP contribution is -2.30. The molecule has 3 nitrogen and oxygen atoms in total. The maximum Gasteiger partial charge on any atom is 0.303 e. The molecule has 1 aliphatic rings. The van der Waals surface area contributed by atoms with Crippen molar-refractivity contribution in [3.8, 4) is 0 Å². The third-order valence-electron chi connectivity index (χ3n) is 3.34. The van der Waals surface area contributed by atoms with Gasteiger partial charge < -0.3 is 10.8 Å². The van der Waals surface area contributed by atoms with Gasteiger partial charge in [-0.15, -0.1) is 12.4 Å². The van der Waals surface area contributed by atoms with Crippen LogP contribution >= 0.6 is 12.4 Å². The molecule has 0 aromatic rings. The highest BCUT2D eigenvalue weighted by molar-refractivity contribution is 5.85. The van der Waals surface area contributed by atoms with Crippen LogP contribution in [0.25, 0.3) is 0 Å². The Morgan fingerprint density at radius 2 is 2.29 bits per heavy atom. The predicted octanol–water partition coefficient (Wildman–Crippen LogP) is 2.04. The number of carboxylic acid groups (broad SMARTS) is 1. The molecule has 0 heterocycles. The molecular weight excluding hydrogens is 202 g/mol. The predicted molar refractivity (Wildman–Crippen MR) is 58.6 cm³/mol. The van der Waals surface area contributed by atoms with Crippen LogP contribution in [0.2, 0.25) is 0 Å². The molecule has 0 bridgehead atoms. The number of halogens is 1. The zero-order valence-corrected chi connectivity index (χ0v) is 9.48. The summed E-state index contributed by atoms with van der Waals surface area (Å²) in [5.41, 5.74) is 5.58. The van der Waals surface area contributed by atoms with E-state index in [2.05, 4.69) is 6.92 Å². The summed E-state index contributed by atoms with van der Waals surface area (Å²) in [6, 6.07) is 0. The number of carbonyl (C=O) groups is 1. The SMILES string of the molecule is CC[C@@H]1CC[C@](CN)(CC(=O)O)C1.Cl. The monoisotopic (exact) mass is 221 g/mol. The summed E-state index contributed by atoms with van der Waals surface area (Å²) in [6.07, 6.45) is 4.56. The molecule has 3 N–H and O–H groups in total. The molecule has 84 valence electrons. The second kappa shape index (κ2) is 5.56. The number of rotatable bonds is 4. The third kappa shape index (κ3) is 3.14. The second-order valence-corrected chi connectivity index (χ2v) is 4.29. The smallest absolute Gasteiger partial charge is 0.303 e. The summed E-state index contributed by atoms with van der Waals surface area (Å²) < 4.78 is 0. The molecule has 0 spiro atoms. The van der Waals surface area contributed by atoms with E-state index < -0.39 is 5.97 Å². The number of hydrogen-bond donors (Lipinski definition) is 2. The average Bonchev–Trinajstić information content (AvgIpc) is 2.48. The van der Waals surface area contributed by atoms with Gasteiger partial charge in [0.1, 0.15) is 0 Å². The maximum absolute atomic E-state index is 10.7. The summed E-state index contributed by atoms with van der Waals surface area (Å²) >= 11 is 0. The van der Waals surface area contributed by atoms with Crippen LogP contribution in [0.5, 0.6) is 0 Å². The fourth-order valence-electron chi connectivity index (χ4n) is 2.41. The van der Waals surface area contributed by atoms with Crippen LogP contribution in [0.15, 0.2) is 0 Å². The van der Waals surface area contributed by atoms with Gasteiger partial charge in [-0.1, -0.05) is 13.3 Å². The largest absolute Gasteiger partial charge is 0.481 e. The Morgan fingerprint density at radius 1 is 1.64 bits per heavy atom. The molecule has 1 rings (SSSR count). The summed E-state index contributed by atoms with van der Waals surface area (Å²) in [4.78, 5) is 10.7. The van der Waals surface area contributed by atoms with Gasteiger partial charge in [0, 0.05) is 0 Å². The van der Waals surface area contributed by atoms with Crippen molar-refractivity contribution in [2.75, 3.05) is 6.54 Å². The summed E-state index contributed by atoms with van der Waals surface area (Å²) in [5, 5.41) is 8.77. The van der Waals surface area contributed by atoms with Crippen molar-refractivity contribution in [2.45, 2.75) is 39.0 Å². The molecule has 0 aromatic carbocycles.